The molecule has 1 heterocycles. The molecule has 7 nitrogen and oxygen atoms in total. The van der Waals surface area contributed by atoms with Crippen molar-refractivity contribution in [3.63, 3.8) is 0 Å². The highest BCUT2D eigenvalue weighted by molar-refractivity contribution is 8.16. The average Bonchev–Trinajstić information content (AvgIpc) is 2.37. The maximum Gasteiger partial charge on any atom is 0.270 e. The number of aliphatic imine (C=N–C) groups is 1. The van der Waals surface area contributed by atoms with E-state index in [1.807, 2.05) is 13.8 Å². The van der Waals surface area contributed by atoms with E-state index in [4.69, 9.17) is 0 Å². The summed E-state index contributed by atoms with van der Waals surface area (Å²) in [4.78, 5) is 14.7. The smallest absolute Gasteiger partial charge is 0.259 e. The highest BCUT2D eigenvalue weighted by Gasteiger charge is 2.29. The standard InChI is InChI=1S/C11H13N3O4S2/c1-3-7(2)12-11-13-20(17,18)10-6-8(14(15)16)4-5-9(10)19-11/h4-7H,3H2,1-2H3,(H,12,13). The van der Waals surface area contributed by atoms with Gasteiger partial charge in [0.2, 0.25) is 0 Å². The van der Waals surface area contributed by atoms with E-state index in [1.54, 1.807) is 0 Å². The Labute approximate surface area is 120 Å². The van der Waals surface area contributed by atoms with Gasteiger partial charge in [-0.1, -0.05) is 18.7 Å². The average molecular weight is 315 g/mol. The minimum atomic E-state index is -3.81. The van der Waals surface area contributed by atoms with Gasteiger partial charge < -0.3 is 0 Å². The number of amidine groups is 1. The third-order valence-corrected chi connectivity index (χ3v) is 5.40. The van der Waals surface area contributed by atoms with Crippen LogP contribution in [0.5, 0.6) is 0 Å². The van der Waals surface area contributed by atoms with E-state index in [9.17, 15) is 18.5 Å². The van der Waals surface area contributed by atoms with Crippen molar-refractivity contribution in [3.8, 4) is 0 Å². The number of nitro benzene ring substituents is 1. The molecule has 1 unspecified atom stereocenters. The highest BCUT2D eigenvalue weighted by Crippen LogP contribution is 2.34. The van der Waals surface area contributed by atoms with E-state index in [0.717, 1.165) is 24.2 Å². The summed E-state index contributed by atoms with van der Waals surface area (Å²) in [5, 5.41) is 11.0. The SMILES string of the molecule is CCC(C)N=C1NS(=O)(=O)c2cc([N+](=O)[O-])ccc2S1. The van der Waals surface area contributed by atoms with Crippen LogP contribution < -0.4 is 4.72 Å². The molecule has 0 aliphatic carbocycles. The highest BCUT2D eigenvalue weighted by atomic mass is 32.2. The third kappa shape index (κ3) is 2.93. The summed E-state index contributed by atoms with van der Waals surface area (Å²) in [7, 11) is -3.81. The minimum absolute atomic E-state index is 0.000187. The minimum Gasteiger partial charge on any atom is -0.259 e. The second-order valence-electron chi connectivity index (χ2n) is 4.29. The zero-order valence-electron chi connectivity index (χ0n) is 10.9. The fourth-order valence-electron chi connectivity index (χ4n) is 1.54. The summed E-state index contributed by atoms with van der Waals surface area (Å²) >= 11 is 1.16. The quantitative estimate of drug-likeness (QED) is 0.680. The van der Waals surface area contributed by atoms with E-state index < -0.39 is 14.9 Å². The summed E-state index contributed by atoms with van der Waals surface area (Å²) in [5.74, 6) is 0. The van der Waals surface area contributed by atoms with Crippen LogP contribution in [0, 0.1) is 10.1 Å². The lowest BCUT2D eigenvalue weighted by Crippen LogP contribution is -2.33. The molecule has 0 saturated heterocycles. The second kappa shape index (κ2) is 5.41. The molecule has 108 valence electrons. The van der Waals surface area contributed by atoms with Crippen LogP contribution in [0.1, 0.15) is 20.3 Å². The van der Waals surface area contributed by atoms with Gasteiger partial charge in [0, 0.05) is 23.1 Å². The number of benzene rings is 1. The van der Waals surface area contributed by atoms with Crippen molar-refractivity contribution in [2.45, 2.75) is 36.1 Å². The number of nitrogens with zero attached hydrogens (tertiary/aromatic N) is 2. The molecule has 9 heteroatoms. The van der Waals surface area contributed by atoms with Gasteiger partial charge in [-0.15, -0.1) is 0 Å². The van der Waals surface area contributed by atoms with Crippen molar-refractivity contribution in [3.05, 3.63) is 28.3 Å². The topological polar surface area (TPSA) is 102 Å². The number of sulfonamides is 1. The first-order valence-electron chi connectivity index (χ1n) is 5.90. The molecule has 2 rings (SSSR count). The number of rotatable bonds is 3. The molecule has 0 spiro atoms. The Kier molecular flexibility index (Phi) is 4.00. The Morgan fingerprint density at radius 2 is 2.20 bits per heavy atom. The molecule has 1 aliphatic heterocycles. The molecule has 0 fully saturated rings. The normalized spacial score (nSPS) is 20.0. The first-order valence-corrected chi connectivity index (χ1v) is 8.20. The Hall–Kier alpha value is -1.61. The maximum absolute atomic E-state index is 12.1. The summed E-state index contributed by atoms with van der Waals surface area (Å²) in [6.45, 7) is 3.83. The molecule has 0 saturated carbocycles. The van der Waals surface area contributed by atoms with Gasteiger partial charge in [-0.05, 0) is 19.4 Å². The predicted octanol–water partition coefficient (Wildman–Crippen LogP) is 2.13. The lowest BCUT2D eigenvalue weighted by atomic mass is 10.3. The summed E-state index contributed by atoms with van der Waals surface area (Å²) in [5.41, 5.74) is -0.253. The molecule has 0 radical (unpaired) electrons. The molecule has 0 aromatic heterocycles. The molecule has 0 amide bonds. The van der Waals surface area contributed by atoms with E-state index in [-0.39, 0.29) is 16.6 Å². The van der Waals surface area contributed by atoms with Gasteiger partial charge in [0.15, 0.2) is 5.17 Å². The van der Waals surface area contributed by atoms with Gasteiger partial charge >= 0.3 is 0 Å². The van der Waals surface area contributed by atoms with Crippen molar-refractivity contribution < 1.29 is 13.3 Å². The van der Waals surface area contributed by atoms with Crippen LogP contribution in [0.4, 0.5) is 5.69 Å². The van der Waals surface area contributed by atoms with E-state index >= 15 is 0 Å². The van der Waals surface area contributed by atoms with Crippen molar-refractivity contribution in [2.75, 3.05) is 0 Å². The molecule has 1 aliphatic rings. The molecular formula is C11H13N3O4S2. The number of hydrogen-bond acceptors (Lipinski definition) is 6. The summed E-state index contributed by atoms with van der Waals surface area (Å²) < 4.78 is 26.5. The Morgan fingerprint density at radius 1 is 1.50 bits per heavy atom. The first-order chi connectivity index (χ1) is 9.33. The monoisotopic (exact) mass is 315 g/mol. The Morgan fingerprint density at radius 3 is 2.80 bits per heavy atom. The maximum atomic E-state index is 12.1. The van der Waals surface area contributed by atoms with Crippen LogP contribution in [0.2, 0.25) is 0 Å². The van der Waals surface area contributed by atoms with Crippen molar-refractivity contribution in [1.29, 1.82) is 0 Å². The van der Waals surface area contributed by atoms with Gasteiger partial charge in [0.25, 0.3) is 15.7 Å². The third-order valence-electron chi connectivity index (χ3n) is 2.78. The molecule has 0 bridgehead atoms. The van der Waals surface area contributed by atoms with Crippen molar-refractivity contribution >= 4 is 32.6 Å². The van der Waals surface area contributed by atoms with Gasteiger partial charge in [0.1, 0.15) is 4.90 Å². The number of hydrogen-bond donors (Lipinski definition) is 1. The van der Waals surface area contributed by atoms with Gasteiger partial charge in [-0.3, -0.25) is 19.8 Å². The van der Waals surface area contributed by atoms with Crippen LogP contribution in [0.3, 0.4) is 0 Å². The van der Waals surface area contributed by atoms with Crippen LogP contribution in [-0.4, -0.2) is 24.6 Å². The number of nitrogens with one attached hydrogen (secondary N) is 1. The zero-order valence-corrected chi connectivity index (χ0v) is 12.5. The number of non-ortho nitro benzene ring substituents is 1. The molecular weight excluding hydrogens is 302 g/mol. The van der Waals surface area contributed by atoms with Crippen molar-refractivity contribution in [1.82, 2.24) is 4.72 Å². The fraction of sp³-hybridized carbons (Fsp3) is 0.364. The largest absolute Gasteiger partial charge is 0.270 e. The summed E-state index contributed by atoms with van der Waals surface area (Å²) in [6.07, 6.45) is 0.791. The number of nitro groups is 1. The van der Waals surface area contributed by atoms with Gasteiger partial charge in [0.05, 0.1) is 4.92 Å². The van der Waals surface area contributed by atoms with Crippen LogP contribution >= 0.6 is 11.8 Å². The number of fused-ring (bicyclic) bond motifs is 1. The van der Waals surface area contributed by atoms with E-state index in [1.165, 1.54) is 12.1 Å². The number of thioether (sulfide) groups is 1. The Bertz CT molecular complexity index is 685. The molecule has 20 heavy (non-hydrogen) atoms. The van der Waals surface area contributed by atoms with Crippen LogP contribution in [0.15, 0.2) is 33.0 Å². The van der Waals surface area contributed by atoms with Gasteiger partial charge in [-0.25, -0.2) is 8.42 Å². The lowest BCUT2D eigenvalue weighted by molar-refractivity contribution is -0.385. The second-order valence-corrected chi connectivity index (χ2v) is 6.97. The van der Waals surface area contributed by atoms with Gasteiger partial charge in [-0.2, -0.15) is 0 Å². The predicted molar refractivity (Wildman–Crippen MR) is 76.5 cm³/mol. The van der Waals surface area contributed by atoms with Crippen LogP contribution in [0.25, 0.3) is 0 Å². The lowest BCUT2D eigenvalue weighted by Gasteiger charge is -2.19. The van der Waals surface area contributed by atoms with E-state index in [0.29, 0.717) is 10.1 Å². The van der Waals surface area contributed by atoms with Crippen LogP contribution in [-0.2, 0) is 10.0 Å². The first kappa shape index (κ1) is 14.8. The molecule has 1 N–H and O–H groups in total. The molecule has 1 aromatic carbocycles. The van der Waals surface area contributed by atoms with Crippen molar-refractivity contribution in [2.24, 2.45) is 4.99 Å². The molecule has 1 atom stereocenters. The summed E-state index contributed by atoms with van der Waals surface area (Å²) in [6, 6.07) is 3.78. The Balaban J connectivity index is 2.47. The van der Waals surface area contributed by atoms with E-state index in [2.05, 4.69) is 9.71 Å². The fourth-order valence-corrected chi connectivity index (χ4v) is 4.23. The molecule has 1 aromatic rings. The zero-order chi connectivity index (χ0) is 14.9.